The molecule has 1 heterocycles. The molecule has 0 aliphatic heterocycles. The quantitative estimate of drug-likeness (QED) is 0.294. The number of imidazole rings is 1. The molecule has 3 aromatic carbocycles. The molecule has 4 aromatic rings. The highest BCUT2D eigenvalue weighted by Crippen LogP contribution is 2.26. The second-order valence-corrected chi connectivity index (χ2v) is 7.73. The van der Waals surface area contributed by atoms with Crippen LogP contribution in [-0.2, 0) is 6.54 Å². The van der Waals surface area contributed by atoms with Crippen LogP contribution in [0.2, 0.25) is 0 Å². The number of fused-ring (bicyclic) bond motifs is 1. The van der Waals surface area contributed by atoms with Crippen molar-refractivity contribution in [2.45, 2.75) is 19.4 Å². The van der Waals surface area contributed by atoms with Crippen molar-refractivity contribution in [2.24, 2.45) is 0 Å². The van der Waals surface area contributed by atoms with E-state index in [0.717, 1.165) is 52.3 Å². The van der Waals surface area contributed by atoms with Gasteiger partial charge in [-0.25, -0.2) is 4.98 Å². The Kier molecular flexibility index (Phi) is 6.15. The van der Waals surface area contributed by atoms with Gasteiger partial charge < -0.3 is 14.0 Å². The lowest BCUT2D eigenvalue weighted by Gasteiger charge is -2.11. The highest BCUT2D eigenvalue weighted by Gasteiger charge is 2.12. The number of methoxy groups -OCH3 is 1. The summed E-state index contributed by atoms with van der Waals surface area (Å²) < 4.78 is 14.4. The molecule has 1 aromatic heterocycles. The van der Waals surface area contributed by atoms with Crippen LogP contribution in [-0.4, -0.2) is 23.3 Å². The molecule has 4 nitrogen and oxygen atoms in total. The van der Waals surface area contributed by atoms with Gasteiger partial charge in [0.1, 0.15) is 17.3 Å². The zero-order chi connectivity index (χ0) is 20.1. The second-order valence-electron chi connectivity index (χ2n) is 6.81. The van der Waals surface area contributed by atoms with Crippen LogP contribution in [0.1, 0.15) is 12.8 Å². The van der Waals surface area contributed by atoms with E-state index in [-0.39, 0.29) is 0 Å². The smallest absolute Gasteiger partial charge is 0.141 e. The largest absolute Gasteiger partial charge is 0.497 e. The number of nitrogens with zero attached hydrogens (tertiary/aromatic N) is 2. The van der Waals surface area contributed by atoms with Gasteiger partial charge in [-0.05, 0) is 61.4 Å². The van der Waals surface area contributed by atoms with Crippen molar-refractivity contribution in [1.82, 2.24) is 9.55 Å². The molecule has 5 heteroatoms. The molecular weight excluding hydrogens is 428 g/mol. The number of aryl methyl sites for hydroxylation is 1. The Morgan fingerprint density at radius 2 is 1.59 bits per heavy atom. The topological polar surface area (TPSA) is 36.3 Å². The fraction of sp³-hybridized carbons (Fsp3) is 0.208. The fourth-order valence-electron chi connectivity index (χ4n) is 3.36. The highest BCUT2D eigenvalue weighted by atomic mass is 79.9. The molecule has 4 rings (SSSR count). The number of hydrogen-bond acceptors (Lipinski definition) is 3. The van der Waals surface area contributed by atoms with Crippen LogP contribution >= 0.6 is 15.9 Å². The van der Waals surface area contributed by atoms with Crippen LogP contribution in [0.3, 0.4) is 0 Å². The molecule has 29 heavy (non-hydrogen) atoms. The van der Waals surface area contributed by atoms with Gasteiger partial charge in [-0.1, -0.05) is 40.2 Å². The van der Waals surface area contributed by atoms with Gasteiger partial charge in [-0.15, -0.1) is 0 Å². The summed E-state index contributed by atoms with van der Waals surface area (Å²) in [6.07, 6.45) is 1.98. The monoisotopic (exact) mass is 450 g/mol. The summed E-state index contributed by atoms with van der Waals surface area (Å²) in [5.41, 5.74) is 3.32. The lowest BCUT2D eigenvalue weighted by atomic mass is 10.2. The lowest BCUT2D eigenvalue weighted by Crippen LogP contribution is -2.04. The maximum Gasteiger partial charge on any atom is 0.141 e. The zero-order valence-corrected chi connectivity index (χ0v) is 17.9. The van der Waals surface area contributed by atoms with E-state index in [1.807, 2.05) is 30.3 Å². The minimum absolute atomic E-state index is 0.687. The molecule has 0 aliphatic rings. The Balaban J connectivity index is 1.43. The molecule has 0 radical (unpaired) electrons. The summed E-state index contributed by atoms with van der Waals surface area (Å²) in [7, 11) is 1.66. The molecule has 0 unspecified atom stereocenters. The van der Waals surface area contributed by atoms with E-state index in [0.29, 0.717) is 6.61 Å². The molecule has 0 amide bonds. The predicted octanol–water partition coefficient (Wildman–Crippen LogP) is 6.33. The summed E-state index contributed by atoms with van der Waals surface area (Å²) in [5.74, 6) is 2.72. The minimum Gasteiger partial charge on any atom is -0.497 e. The number of benzene rings is 3. The van der Waals surface area contributed by atoms with Crippen molar-refractivity contribution in [3.05, 3.63) is 77.3 Å². The molecule has 0 aliphatic carbocycles. The second kappa shape index (κ2) is 9.14. The molecule has 0 bridgehead atoms. The third-order valence-electron chi connectivity index (χ3n) is 4.86. The van der Waals surface area contributed by atoms with Crippen molar-refractivity contribution in [1.29, 1.82) is 0 Å². The molecule has 0 atom stereocenters. The number of aromatic nitrogens is 2. The molecular formula is C24H23BrN2O2. The summed E-state index contributed by atoms with van der Waals surface area (Å²) >= 11 is 3.51. The first-order chi connectivity index (χ1) is 14.2. The average Bonchev–Trinajstić information content (AvgIpc) is 3.13. The van der Waals surface area contributed by atoms with Crippen LogP contribution < -0.4 is 9.47 Å². The summed E-state index contributed by atoms with van der Waals surface area (Å²) in [4.78, 5) is 4.88. The summed E-state index contributed by atoms with van der Waals surface area (Å²) in [5, 5.41) is 0. The van der Waals surface area contributed by atoms with E-state index < -0.39 is 0 Å². The van der Waals surface area contributed by atoms with Crippen LogP contribution in [0.25, 0.3) is 22.4 Å². The van der Waals surface area contributed by atoms with Crippen molar-refractivity contribution in [2.75, 3.05) is 13.7 Å². The van der Waals surface area contributed by atoms with Gasteiger partial charge in [0.05, 0.1) is 24.8 Å². The van der Waals surface area contributed by atoms with Crippen LogP contribution in [0, 0.1) is 0 Å². The zero-order valence-electron chi connectivity index (χ0n) is 16.3. The molecule has 0 spiro atoms. The van der Waals surface area contributed by atoms with E-state index in [9.17, 15) is 0 Å². The normalized spacial score (nSPS) is 11.0. The number of hydrogen-bond donors (Lipinski definition) is 0. The number of para-hydroxylation sites is 2. The first-order valence-corrected chi connectivity index (χ1v) is 10.5. The average molecular weight is 451 g/mol. The van der Waals surface area contributed by atoms with Gasteiger partial charge in [0, 0.05) is 16.6 Å². The highest BCUT2D eigenvalue weighted by molar-refractivity contribution is 9.10. The SMILES string of the molecule is COc1ccc(OCCCCn2c(-c3ccc(Br)cc3)nc3ccccc32)cc1. The number of unbranched alkanes of at least 4 members (excludes halogenated alkanes) is 1. The maximum absolute atomic E-state index is 5.85. The lowest BCUT2D eigenvalue weighted by molar-refractivity contribution is 0.303. The molecule has 148 valence electrons. The predicted molar refractivity (Wildman–Crippen MR) is 121 cm³/mol. The van der Waals surface area contributed by atoms with Crippen molar-refractivity contribution < 1.29 is 9.47 Å². The standard InChI is InChI=1S/C24H23BrN2O2/c1-28-20-12-14-21(15-13-20)29-17-5-4-16-27-23-7-3-2-6-22(23)26-24(27)18-8-10-19(25)11-9-18/h2-3,6-15H,4-5,16-17H2,1H3. The van der Waals surface area contributed by atoms with Crippen molar-refractivity contribution in [3.63, 3.8) is 0 Å². The first kappa shape index (κ1) is 19.5. The van der Waals surface area contributed by atoms with Crippen LogP contribution in [0.4, 0.5) is 0 Å². The van der Waals surface area contributed by atoms with Crippen molar-refractivity contribution >= 4 is 27.0 Å². The van der Waals surface area contributed by atoms with E-state index in [4.69, 9.17) is 14.5 Å². The van der Waals surface area contributed by atoms with Gasteiger partial charge >= 0.3 is 0 Å². The van der Waals surface area contributed by atoms with Gasteiger partial charge in [-0.3, -0.25) is 0 Å². The summed E-state index contributed by atoms with van der Waals surface area (Å²) in [6, 6.07) is 24.3. The third-order valence-corrected chi connectivity index (χ3v) is 5.39. The van der Waals surface area contributed by atoms with E-state index >= 15 is 0 Å². The van der Waals surface area contributed by atoms with Gasteiger partial charge in [0.15, 0.2) is 0 Å². The maximum atomic E-state index is 5.85. The molecule has 0 saturated heterocycles. The van der Waals surface area contributed by atoms with Gasteiger partial charge in [-0.2, -0.15) is 0 Å². The number of halogens is 1. The number of rotatable bonds is 8. The third kappa shape index (κ3) is 4.62. The Labute approximate surface area is 179 Å². The minimum atomic E-state index is 0.687. The Morgan fingerprint density at radius 1 is 0.862 bits per heavy atom. The molecule has 0 fully saturated rings. The van der Waals surface area contributed by atoms with Crippen LogP contribution in [0.5, 0.6) is 11.5 Å². The van der Waals surface area contributed by atoms with Crippen LogP contribution in [0.15, 0.2) is 77.3 Å². The summed E-state index contributed by atoms with van der Waals surface area (Å²) in [6.45, 7) is 1.59. The fourth-order valence-corrected chi connectivity index (χ4v) is 3.62. The Hall–Kier alpha value is -2.79. The van der Waals surface area contributed by atoms with E-state index in [1.165, 1.54) is 5.52 Å². The Bertz CT molecular complexity index is 1070. The number of ether oxygens (including phenoxy) is 2. The van der Waals surface area contributed by atoms with Gasteiger partial charge in [0.2, 0.25) is 0 Å². The van der Waals surface area contributed by atoms with Gasteiger partial charge in [0.25, 0.3) is 0 Å². The Morgan fingerprint density at radius 3 is 2.34 bits per heavy atom. The first-order valence-electron chi connectivity index (χ1n) is 9.72. The van der Waals surface area contributed by atoms with E-state index in [1.54, 1.807) is 7.11 Å². The van der Waals surface area contributed by atoms with Crippen molar-refractivity contribution in [3.8, 4) is 22.9 Å². The molecule has 0 N–H and O–H groups in total. The molecule has 0 saturated carbocycles. The van der Waals surface area contributed by atoms with E-state index in [2.05, 4.69) is 63.0 Å².